The number of halogens is 4. The minimum Gasteiger partial charge on any atom is -0.289 e. The number of nitrogens with zero attached hydrogens (tertiary/aromatic N) is 1. The number of rotatable bonds is 4. The Morgan fingerprint density at radius 3 is 2.46 bits per heavy atom. The van der Waals surface area contributed by atoms with Crippen molar-refractivity contribution in [2.45, 2.75) is 56.9 Å². The van der Waals surface area contributed by atoms with E-state index in [2.05, 4.69) is 23.1 Å². The van der Waals surface area contributed by atoms with Crippen LogP contribution in [0.1, 0.15) is 42.4 Å². The van der Waals surface area contributed by atoms with Crippen molar-refractivity contribution < 1.29 is 17.6 Å². The smallest absolute Gasteiger partial charge is 0.289 e. The first-order chi connectivity index (χ1) is 13.4. The number of benzene rings is 2. The number of hydrogen-bond acceptors (Lipinski definition) is 1. The number of piperidine rings is 1. The van der Waals surface area contributed by atoms with Gasteiger partial charge in [-0.15, -0.1) is 0 Å². The molecule has 0 aromatic heterocycles. The molecule has 28 heavy (non-hydrogen) atoms. The zero-order valence-electron chi connectivity index (χ0n) is 15.6. The Balaban J connectivity index is 1.53. The van der Waals surface area contributed by atoms with Gasteiger partial charge in [0, 0.05) is 18.6 Å². The molecule has 1 nitrogen and oxygen atoms in total. The van der Waals surface area contributed by atoms with E-state index in [0.717, 1.165) is 37.9 Å². The van der Waals surface area contributed by atoms with E-state index < -0.39 is 17.6 Å². The molecule has 4 rings (SSSR count). The second-order valence-corrected chi connectivity index (χ2v) is 7.83. The fraction of sp³-hybridized carbons (Fsp3) is 0.391. The average molecular weight is 389 g/mol. The first kappa shape index (κ1) is 19.2. The summed E-state index contributed by atoms with van der Waals surface area (Å²) in [6.07, 6.45) is 2.25. The van der Waals surface area contributed by atoms with Crippen LogP contribution in [0.5, 0.6) is 0 Å². The molecule has 0 N–H and O–H groups in total. The van der Waals surface area contributed by atoms with Crippen LogP contribution in [-0.2, 0) is 19.1 Å². The van der Waals surface area contributed by atoms with E-state index >= 15 is 0 Å². The van der Waals surface area contributed by atoms with Gasteiger partial charge in [0.15, 0.2) is 0 Å². The van der Waals surface area contributed by atoms with Gasteiger partial charge in [0.05, 0.1) is 5.56 Å². The Morgan fingerprint density at radius 1 is 0.964 bits per heavy atom. The van der Waals surface area contributed by atoms with E-state index in [1.54, 1.807) is 0 Å². The molecule has 5 heteroatoms. The van der Waals surface area contributed by atoms with E-state index in [1.807, 2.05) is 18.2 Å². The monoisotopic (exact) mass is 389 g/mol. The van der Waals surface area contributed by atoms with Crippen LogP contribution in [0, 0.1) is 5.82 Å². The highest BCUT2D eigenvalue weighted by molar-refractivity contribution is 5.32. The van der Waals surface area contributed by atoms with Crippen LogP contribution in [0.4, 0.5) is 17.6 Å². The summed E-state index contributed by atoms with van der Waals surface area (Å²) in [6.45, 7) is 0.898. The van der Waals surface area contributed by atoms with Gasteiger partial charge in [0.2, 0.25) is 0 Å². The number of fused-ring (bicyclic) bond motifs is 2. The molecular formula is C23H23F4N. The molecule has 1 fully saturated rings. The van der Waals surface area contributed by atoms with Crippen LogP contribution in [0.3, 0.4) is 0 Å². The number of alkyl halides is 3. The lowest BCUT2D eigenvalue weighted by Crippen LogP contribution is -2.48. The Bertz CT molecular complexity index is 857. The highest BCUT2D eigenvalue weighted by Crippen LogP contribution is 2.37. The summed E-state index contributed by atoms with van der Waals surface area (Å²) in [5.41, 5.74) is 1.80. The van der Waals surface area contributed by atoms with Crippen molar-refractivity contribution in [1.82, 2.24) is 4.90 Å². The fourth-order valence-corrected chi connectivity index (χ4v) is 4.54. The van der Waals surface area contributed by atoms with Gasteiger partial charge in [-0.05, 0) is 48.9 Å². The van der Waals surface area contributed by atoms with Crippen LogP contribution in [0.25, 0.3) is 0 Å². The first-order valence-electron chi connectivity index (χ1n) is 9.75. The quantitative estimate of drug-likeness (QED) is 0.448. The average Bonchev–Trinajstić information content (AvgIpc) is 2.64. The minimum atomic E-state index is -4.66. The maximum Gasteiger partial charge on any atom is 0.419 e. The summed E-state index contributed by atoms with van der Waals surface area (Å²) < 4.78 is 52.5. The van der Waals surface area contributed by atoms with Crippen LogP contribution in [-0.4, -0.2) is 17.0 Å². The molecule has 0 radical (unpaired) electrons. The maximum absolute atomic E-state index is 13.5. The highest BCUT2D eigenvalue weighted by atomic mass is 19.4. The van der Waals surface area contributed by atoms with Gasteiger partial charge in [-0.2, -0.15) is 13.2 Å². The zero-order valence-corrected chi connectivity index (χ0v) is 15.6. The van der Waals surface area contributed by atoms with E-state index in [1.165, 1.54) is 23.6 Å². The van der Waals surface area contributed by atoms with Gasteiger partial charge in [0.25, 0.3) is 0 Å². The fourth-order valence-electron chi connectivity index (χ4n) is 4.54. The van der Waals surface area contributed by atoms with Crippen LogP contribution < -0.4 is 0 Å². The normalized spacial score (nSPS) is 22.8. The molecule has 148 valence electrons. The van der Waals surface area contributed by atoms with E-state index in [0.29, 0.717) is 24.1 Å². The van der Waals surface area contributed by atoms with Gasteiger partial charge in [0.1, 0.15) is 5.82 Å². The second-order valence-electron chi connectivity index (χ2n) is 7.83. The van der Waals surface area contributed by atoms with Crippen molar-refractivity contribution in [3.05, 3.63) is 82.7 Å². The minimum absolute atomic E-state index is 0.324. The lowest BCUT2D eigenvalue weighted by Gasteiger charge is -2.45. The van der Waals surface area contributed by atoms with E-state index in [4.69, 9.17) is 0 Å². The summed E-state index contributed by atoms with van der Waals surface area (Å²) in [7, 11) is 0. The standard InChI is InChI=1S/C23H23F4N/c24-22-10-9-17(14-21(22)23(25,26)27)11-18-12-19-7-4-8-20(13-18)28(19)15-16-5-2-1-3-6-16/h1-3,5-6,9-10,12,14,19-20H,4,7-8,11,13,15H2. The molecule has 0 spiro atoms. The molecule has 2 unspecified atom stereocenters. The van der Waals surface area contributed by atoms with Gasteiger partial charge >= 0.3 is 6.18 Å². The molecule has 2 aromatic carbocycles. The molecule has 1 saturated heterocycles. The predicted octanol–water partition coefficient (Wildman–Crippen LogP) is 6.14. The lowest BCUT2D eigenvalue weighted by atomic mass is 9.82. The molecule has 2 heterocycles. The van der Waals surface area contributed by atoms with Gasteiger partial charge in [-0.3, -0.25) is 4.90 Å². The van der Waals surface area contributed by atoms with Crippen molar-refractivity contribution in [2.24, 2.45) is 0 Å². The van der Waals surface area contributed by atoms with E-state index in [9.17, 15) is 17.6 Å². The van der Waals surface area contributed by atoms with Gasteiger partial charge in [-0.1, -0.05) is 54.5 Å². The van der Waals surface area contributed by atoms with Crippen LogP contribution in [0.2, 0.25) is 0 Å². The molecule has 2 aliphatic rings. The van der Waals surface area contributed by atoms with Gasteiger partial charge < -0.3 is 0 Å². The van der Waals surface area contributed by atoms with Crippen molar-refractivity contribution >= 4 is 0 Å². The third-order valence-corrected chi connectivity index (χ3v) is 5.83. The Hall–Kier alpha value is -2.14. The molecule has 2 bridgehead atoms. The molecule has 0 saturated carbocycles. The van der Waals surface area contributed by atoms with Crippen molar-refractivity contribution in [3.8, 4) is 0 Å². The summed E-state index contributed by atoms with van der Waals surface area (Å²) in [5, 5.41) is 0. The van der Waals surface area contributed by atoms with Crippen molar-refractivity contribution in [1.29, 1.82) is 0 Å². The molecular weight excluding hydrogens is 366 g/mol. The Labute approximate surface area is 162 Å². The summed E-state index contributed by atoms with van der Waals surface area (Å²) in [5.74, 6) is -1.21. The van der Waals surface area contributed by atoms with Crippen molar-refractivity contribution in [3.63, 3.8) is 0 Å². The van der Waals surface area contributed by atoms with Crippen LogP contribution >= 0.6 is 0 Å². The number of hydrogen-bond donors (Lipinski definition) is 0. The molecule has 0 amide bonds. The predicted molar refractivity (Wildman–Crippen MR) is 101 cm³/mol. The van der Waals surface area contributed by atoms with Crippen LogP contribution in [0.15, 0.2) is 60.2 Å². The molecule has 2 aromatic rings. The van der Waals surface area contributed by atoms with Crippen molar-refractivity contribution in [2.75, 3.05) is 0 Å². The summed E-state index contributed by atoms with van der Waals surface area (Å²) in [6, 6.07) is 14.5. The Morgan fingerprint density at radius 2 is 1.75 bits per heavy atom. The highest BCUT2D eigenvalue weighted by Gasteiger charge is 2.35. The molecule has 2 aliphatic heterocycles. The lowest BCUT2D eigenvalue weighted by molar-refractivity contribution is -0.140. The maximum atomic E-state index is 13.5. The third-order valence-electron chi connectivity index (χ3n) is 5.83. The third kappa shape index (κ3) is 4.14. The molecule has 0 aliphatic carbocycles. The Kier molecular flexibility index (Phi) is 5.28. The van der Waals surface area contributed by atoms with Gasteiger partial charge in [-0.25, -0.2) is 4.39 Å². The summed E-state index contributed by atoms with van der Waals surface area (Å²) in [4.78, 5) is 2.52. The largest absolute Gasteiger partial charge is 0.419 e. The van der Waals surface area contributed by atoms with E-state index in [-0.39, 0.29) is 0 Å². The first-order valence-corrected chi connectivity index (χ1v) is 9.75. The topological polar surface area (TPSA) is 3.24 Å². The summed E-state index contributed by atoms with van der Waals surface area (Å²) >= 11 is 0. The molecule has 2 atom stereocenters. The SMILES string of the molecule is Fc1ccc(CC2=CC3CCCC(C2)N3Cc2ccccc2)cc1C(F)(F)F. The second kappa shape index (κ2) is 7.70. The zero-order chi connectivity index (χ0) is 19.7.